The highest BCUT2D eigenvalue weighted by Gasteiger charge is 2.13. The number of rotatable bonds is 5. The van der Waals surface area contributed by atoms with Gasteiger partial charge in [0.2, 0.25) is 5.82 Å². The molecular formula is C16H12FN5O2. The Kier molecular flexibility index (Phi) is 4.28. The topological polar surface area (TPSA) is 85.3 Å². The van der Waals surface area contributed by atoms with Crippen LogP contribution in [0.1, 0.15) is 5.69 Å². The van der Waals surface area contributed by atoms with Crippen molar-refractivity contribution in [2.45, 2.75) is 0 Å². The number of anilines is 1. The Morgan fingerprint density at radius 1 is 1.21 bits per heavy atom. The molecule has 0 aliphatic carbocycles. The van der Waals surface area contributed by atoms with Crippen LogP contribution in [0.15, 0.2) is 66.0 Å². The number of nitro groups is 1. The van der Waals surface area contributed by atoms with Gasteiger partial charge < -0.3 is 4.57 Å². The molecule has 3 rings (SSSR count). The van der Waals surface area contributed by atoms with Gasteiger partial charge in [-0.3, -0.25) is 15.5 Å². The van der Waals surface area contributed by atoms with E-state index in [2.05, 4.69) is 15.5 Å². The maximum Gasteiger partial charge on any atom is 0.313 e. The molecule has 0 unspecified atom stereocenters. The van der Waals surface area contributed by atoms with Crippen LogP contribution in [0.4, 0.5) is 15.9 Å². The Hall–Kier alpha value is -3.55. The molecule has 0 saturated carbocycles. The number of para-hydroxylation sites is 1. The third-order valence-electron chi connectivity index (χ3n) is 3.24. The fraction of sp³-hybridized carbons (Fsp3) is 0. The Morgan fingerprint density at radius 2 is 2.04 bits per heavy atom. The monoisotopic (exact) mass is 325 g/mol. The van der Waals surface area contributed by atoms with E-state index >= 15 is 0 Å². The summed E-state index contributed by atoms with van der Waals surface area (Å²) < 4.78 is 15.5. The minimum Gasteiger partial charge on any atom is -0.313 e. The highest BCUT2D eigenvalue weighted by atomic mass is 19.1. The van der Waals surface area contributed by atoms with Crippen LogP contribution in [0.25, 0.3) is 5.69 Å². The van der Waals surface area contributed by atoms with E-state index in [1.807, 2.05) is 0 Å². The molecule has 7 nitrogen and oxygen atoms in total. The third-order valence-corrected chi connectivity index (χ3v) is 3.24. The zero-order valence-electron chi connectivity index (χ0n) is 12.3. The summed E-state index contributed by atoms with van der Waals surface area (Å²) in [6, 6.07) is 12.6. The van der Waals surface area contributed by atoms with Gasteiger partial charge in [-0.05, 0) is 30.3 Å². The van der Waals surface area contributed by atoms with Crippen LogP contribution < -0.4 is 5.43 Å². The molecule has 8 heteroatoms. The van der Waals surface area contributed by atoms with Gasteiger partial charge in [0.25, 0.3) is 0 Å². The number of benzene rings is 1. The van der Waals surface area contributed by atoms with Crippen molar-refractivity contribution in [3.63, 3.8) is 0 Å². The first-order valence-electron chi connectivity index (χ1n) is 6.97. The van der Waals surface area contributed by atoms with E-state index < -0.39 is 4.92 Å². The molecule has 3 aromatic rings. The normalized spacial score (nSPS) is 10.9. The molecule has 0 radical (unpaired) electrons. The summed E-state index contributed by atoms with van der Waals surface area (Å²) >= 11 is 0. The van der Waals surface area contributed by atoms with Gasteiger partial charge >= 0.3 is 5.69 Å². The molecule has 0 aliphatic rings. The van der Waals surface area contributed by atoms with Gasteiger partial charge in [0, 0.05) is 18.5 Å². The number of nitrogens with one attached hydrogen (secondary N) is 1. The Labute approximate surface area is 136 Å². The van der Waals surface area contributed by atoms with Gasteiger partial charge in [-0.15, -0.1) is 0 Å². The van der Waals surface area contributed by atoms with Crippen molar-refractivity contribution in [3.05, 3.63) is 82.6 Å². The molecule has 1 aromatic carbocycles. The molecule has 0 fully saturated rings. The minimum absolute atomic E-state index is 0.0303. The summed E-state index contributed by atoms with van der Waals surface area (Å²) in [7, 11) is 0. The summed E-state index contributed by atoms with van der Waals surface area (Å²) in [6.07, 6.45) is 4.56. The number of hydrogen-bond acceptors (Lipinski definition) is 5. The second-order valence-electron chi connectivity index (χ2n) is 4.75. The lowest BCUT2D eigenvalue weighted by Crippen LogP contribution is -2.03. The summed E-state index contributed by atoms with van der Waals surface area (Å²) in [5.74, 6) is -0.334. The van der Waals surface area contributed by atoms with Crippen LogP contribution in [0.3, 0.4) is 0 Å². The van der Waals surface area contributed by atoms with Gasteiger partial charge in [-0.2, -0.15) is 5.10 Å². The average Bonchev–Trinajstić information content (AvgIpc) is 3.04. The van der Waals surface area contributed by atoms with Gasteiger partial charge in [0.15, 0.2) is 0 Å². The Bertz CT molecular complexity index is 907. The third kappa shape index (κ3) is 3.12. The van der Waals surface area contributed by atoms with E-state index in [1.165, 1.54) is 30.6 Å². The predicted molar refractivity (Wildman–Crippen MR) is 87.8 cm³/mol. The van der Waals surface area contributed by atoms with Crippen LogP contribution in [0.2, 0.25) is 0 Å². The number of halogens is 1. The van der Waals surface area contributed by atoms with Crippen LogP contribution in [0, 0.1) is 15.9 Å². The molecule has 0 spiro atoms. The molecular weight excluding hydrogens is 313 g/mol. The molecule has 0 bridgehead atoms. The van der Waals surface area contributed by atoms with Crippen LogP contribution in [-0.2, 0) is 0 Å². The molecule has 0 saturated heterocycles. The first-order chi connectivity index (χ1) is 11.7. The van der Waals surface area contributed by atoms with Crippen molar-refractivity contribution in [2.75, 3.05) is 5.43 Å². The first kappa shape index (κ1) is 15.3. The summed E-state index contributed by atoms with van der Waals surface area (Å²) in [6.45, 7) is 0. The number of nitrogens with zero attached hydrogens (tertiary/aromatic N) is 4. The minimum atomic E-state index is -0.549. The van der Waals surface area contributed by atoms with Gasteiger partial charge in [0.05, 0.1) is 22.5 Å². The number of hydrogen-bond donors (Lipinski definition) is 1. The van der Waals surface area contributed by atoms with Crippen molar-refractivity contribution >= 4 is 17.7 Å². The van der Waals surface area contributed by atoms with E-state index in [1.54, 1.807) is 41.1 Å². The van der Waals surface area contributed by atoms with E-state index in [-0.39, 0.29) is 17.3 Å². The maximum atomic E-state index is 13.9. The van der Waals surface area contributed by atoms with E-state index in [0.29, 0.717) is 11.4 Å². The second kappa shape index (κ2) is 6.69. The van der Waals surface area contributed by atoms with Crippen molar-refractivity contribution < 1.29 is 9.31 Å². The van der Waals surface area contributed by atoms with Crippen LogP contribution in [-0.4, -0.2) is 20.7 Å². The van der Waals surface area contributed by atoms with Crippen LogP contribution >= 0.6 is 0 Å². The molecule has 1 N–H and O–H groups in total. The van der Waals surface area contributed by atoms with Crippen molar-refractivity contribution in [3.8, 4) is 5.69 Å². The van der Waals surface area contributed by atoms with Gasteiger partial charge in [-0.1, -0.05) is 12.1 Å². The largest absolute Gasteiger partial charge is 0.313 e. The summed E-state index contributed by atoms with van der Waals surface area (Å²) in [4.78, 5) is 14.2. The van der Waals surface area contributed by atoms with E-state index in [0.717, 1.165) is 0 Å². The lowest BCUT2D eigenvalue weighted by Gasteiger charge is -2.07. The quantitative estimate of drug-likeness (QED) is 0.443. The molecule has 0 amide bonds. The highest BCUT2D eigenvalue weighted by Crippen LogP contribution is 2.20. The fourth-order valence-electron chi connectivity index (χ4n) is 2.16. The SMILES string of the molecule is O=[N+]([O-])c1cccnc1N/N=C\c1cccn1-c1ccccc1F. The lowest BCUT2D eigenvalue weighted by atomic mass is 10.3. The Morgan fingerprint density at radius 3 is 2.83 bits per heavy atom. The zero-order valence-corrected chi connectivity index (χ0v) is 12.3. The van der Waals surface area contributed by atoms with Crippen LogP contribution in [0.5, 0.6) is 0 Å². The lowest BCUT2D eigenvalue weighted by molar-refractivity contribution is -0.384. The van der Waals surface area contributed by atoms with Crippen molar-refractivity contribution in [1.29, 1.82) is 0 Å². The average molecular weight is 325 g/mol. The molecule has 24 heavy (non-hydrogen) atoms. The molecule has 2 heterocycles. The zero-order chi connectivity index (χ0) is 16.9. The fourth-order valence-corrected chi connectivity index (χ4v) is 2.16. The Balaban J connectivity index is 1.84. The molecule has 0 atom stereocenters. The van der Waals surface area contributed by atoms with Gasteiger partial charge in [-0.25, -0.2) is 9.37 Å². The number of pyridine rings is 1. The number of aromatic nitrogens is 2. The van der Waals surface area contributed by atoms with E-state index in [9.17, 15) is 14.5 Å². The first-order valence-corrected chi connectivity index (χ1v) is 6.97. The summed E-state index contributed by atoms with van der Waals surface area (Å²) in [5.41, 5.74) is 3.34. The maximum absolute atomic E-state index is 13.9. The van der Waals surface area contributed by atoms with Gasteiger partial charge in [0.1, 0.15) is 5.82 Å². The molecule has 0 aliphatic heterocycles. The highest BCUT2D eigenvalue weighted by molar-refractivity contribution is 5.79. The second-order valence-corrected chi connectivity index (χ2v) is 4.75. The summed E-state index contributed by atoms with van der Waals surface area (Å²) in [5, 5.41) is 14.9. The standard InChI is InChI=1S/C16H12FN5O2/c17-13-6-1-2-7-14(13)21-10-4-5-12(21)11-19-20-16-15(22(23)24)8-3-9-18-16/h1-11H,(H,18,20)/b19-11-. The van der Waals surface area contributed by atoms with Crippen molar-refractivity contribution in [2.24, 2.45) is 5.10 Å². The van der Waals surface area contributed by atoms with E-state index in [4.69, 9.17) is 0 Å². The van der Waals surface area contributed by atoms with Crippen molar-refractivity contribution in [1.82, 2.24) is 9.55 Å². The number of hydrazone groups is 1. The predicted octanol–water partition coefficient (Wildman–Crippen LogP) is 3.37. The molecule has 120 valence electrons. The smallest absolute Gasteiger partial charge is 0.313 e. The molecule has 2 aromatic heterocycles.